The van der Waals surface area contributed by atoms with Crippen LogP contribution in [0.3, 0.4) is 0 Å². The molecule has 0 aliphatic carbocycles. The monoisotopic (exact) mass is 307 g/mol. The van der Waals surface area contributed by atoms with Crippen molar-refractivity contribution in [3.05, 3.63) is 71.8 Å². The number of hydrogen-bond donors (Lipinski definition) is 0. The molecule has 0 atom stereocenters. The lowest BCUT2D eigenvalue weighted by molar-refractivity contribution is 0.0894. The third-order valence-electron chi connectivity index (χ3n) is 3.25. The van der Waals surface area contributed by atoms with E-state index in [0.717, 1.165) is 4.90 Å². The van der Waals surface area contributed by atoms with Crippen LogP contribution in [0.25, 0.3) is 0 Å². The molecule has 7 heteroatoms. The number of aryl methyl sites for hydroxylation is 1. The molecule has 0 aliphatic heterocycles. The Morgan fingerprint density at radius 1 is 0.870 bits per heavy atom. The molecule has 0 radical (unpaired) electrons. The molecule has 2 amide bonds. The Balaban J connectivity index is 2.07. The van der Waals surface area contributed by atoms with Crippen LogP contribution in [0.5, 0.6) is 0 Å². The molecule has 3 aromatic rings. The molecule has 3 rings (SSSR count). The van der Waals surface area contributed by atoms with Crippen molar-refractivity contribution in [1.82, 2.24) is 20.2 Å². The summed E-state index contributed by atoms with van der Waals surface area (Å²) >= 11 is 0. The number of carbonyl (C=O) groups excluding carboxylic acids is 2. The number of anilines is 1. The predicted octanol–water partition coefficient (Wildman–Crippen LogP) is 1.70. The molecule has 23 heavy (non-hydrogen) atoms. The molecule has 0 aliphatic rings. The van der Waals surface area contributed by atoms with Crippen LogP contribution in [0.4, 0.5) is 5.95 Å². The molecule has 0 saturated heterocycles. The predicted molar refractivity (Wildman–Crippen MR) is 82.8 cm³/mol. The minimum atomic E-state index is -0.489. The van der Waals surface area contributed by atoms with E-state index >= 15 is 0 Å². The molecule has 0 unspecified atom stereocenters. The van der Waals surface area contributed by atoms with E-state index < -0.39 is 11.8 Å². The fraction of sp³-hybridized carbons (Fsp3) is 0.0625. The van der Waals surface area contributed by atoms with Gasteiger partial charge in [-0.25, -0.2) is 9.58 Å². The summed E-state index contributed by atoms with van der Waals surface area (Å²) in [5, 5.41) is 11.0. The summed E-state index contributed by atoms with van der Waals surface area (Å²) in [6.07, 6.45) is 0. The van der Waals surface area contributed by atoms with Crippen LogP contribution in [0.1, 0.15) is 20.7 Å². The quantitative estimate of drug-likeness (QED) is 0.688. The van der Waals surface area contributed by atoms with Gasteiger partial charge in [0.15, 0.2) is 0 Å². The van der Waals surface area contributed by atoms with E-state index in [-0.39, 0.29) is 5.95 Å². The number of amides is 2. The van der Waals surface area contributed by atoms with Gasteiger partial charge >= 0.3 is 0 Å². The first-order chi connectivity index (χ1) is 11.2. The highest BCUT2D eigenvalue weighted by Crippen LogP contribution is 2.16. The molecular formula is C16H13N5O2. The molecule has 7 nitrogen and oxygen atoms in total. The normalized spacial score (nSPS) is 10.3. The summed E-state index contributed by atoms with van der Waals surface area (Å²) in [4.78, 5) is 26.6. The maximum atomic E-state index is 12.8. The Bertz CT molecular complexity index is 778. The lowest BCUT2D eigenvalue weighted by atomic mass is 10.1. The van der Waals surface area contributed by atoms with Crippen molar-refractivity contribution in [3.8, 4) is 0 Å². The average molecular weight is 307 g/mol. The number of aromatic nitrogens is 4. The fourth-order valence-corrected chi connectivity index (χ4v) is 2.11. The highest BCUT2D eigenvalue weighted by molar-refractivity contribution is 6.24. The number of nitrogens with zero attached hydrogens (tertiary/aromatic N) is 5. The van der Waals surface area contributed by atoms with Crippen LogP contribution < -0.4 is 4.90 Å². The molecule has 1 aromatic heterocycles. The maximum Gasteiger partial charge on any atom is 0.267 e. The van der Waals surface area contributed by atoms with Gasteiger partial charge in [0.2, 0.25) is 0 Å². The van der Waals surface area contributed by atoms with Crippen molar-refractivity contribution in [3.63, 3.8) is 0 Å². The van der Waals surface area contributed by atoms with E-state index in [1.54, 1.807) is 67.7 Å². The zero-order chi connectivity index (χ0) is 16.2. The minimum Gasteiger partial charge on any atom is -0.268 e. The van der Waals surface area contributed by atoms with Crippen molar-refractivity contribution in [2.75, 3.05) is 4.90 Å². The first-order valence-corrected chi connectivity index (χ1v) is 6.89. The lowest BCUT2D eigenvalue weighted by Gasteiger charge is -2.18. The molecule has 0 spiro atoms. The Hall–Kier alpha value is -3.35. The maximum absolute atomic E-state index is 12.8. The topological polar surface area (TPSA) is 81.0 Å². The fourth-order valence-electron chi connectivity index (χ4n) is 2.11. The van der Waals surface area contributed by atoms with E-state index in [4.69, 9.17) is 0 Å². The van der Waals surface area contributed by atoms with Crippen LogP contribution in [0, 0.1) is 0 Å². The van der Waals surface area contributed by atoms with Gasteiger partial charge in [0.1, 0.15) is 0 Å². The van der Waals surface area contributed by atoms with Gasteiger partial charge in [-0.3, -0.25) is 9.59 Å². The average Bonchev–Trinajstić information content (AvgIpc) is 3.02. The van der Waals surface area contributed by atoms with Gasteiger partial charge in [-0.1, -0.05) is 41.5 Å². The molecule has 0 fully saturated rings. The number of benzene rings is 2. The number of tetrazole rings is 1. The second-order valence-corrected chi connectivity index (χ2v) is 4.78. The molecule has 114 valence electrons. The standard InChI is InChI=1S/C16H13N5O2/c1-20-16(17-18-19-20)21(14(22)12-8-4-2-5-9-12)15(23)13-10-6-3-7-11-13/h2-11H,1H3. The van der Waals surface area contributed by atoms with E-state index in [9.17, 15) is 9.59 Å². The van der Waals surface area contributed by atoms with Crippen LogP contribution >= 0.6 is 0 Å². The summed E-state index contributed by atoms with van der Waals surface area (Å²) in [6, 6.07) is 17.1. The molecule has 0 saturated carbocycles. The van der Waals surface area contributed by atoms with Gasteiger partial charge in [0.25, 0.3) is 17.8 Å². The van der Waals surface area contributed by atoms with Gasteiger partial charge in [0, 0.05) is 18.2 Å². The number of hydrogen-bond acceptors (Lipinski definition) is 5. The summed E-state index contributed by atoms with van der Waals surface area (Å²) in [6.45, 7) is 0. The van der Waals surface area contributed by atoms with Gasteiger partial charge in [0.05, 0.1) is 0 Å². The SMILES string of the molecule is Cn1nnnc1N(C(=O)c1ccccc1)C(=O)c1ccccc1. The Morgan fingerprint density at radius 2 is 1.35 bits per heavy atom. The summed E-state index contributed by atoms with van der Waals surface area (Å²) in [5.74, 6) is -0.914. The molecular weight excluding hydrogens is 294 g/mol. The van der Waals surface area contributed by atoms with E-state index in [1.807, 2.05) is 0 Å². The number of imide groups is 1. The van der Waals surface area contributed by atoms with Crippen LogP contribution in [0.2, 0.25) is 0 Å². The van der Waals surface area contributed by atoms with Crippen LogP contribution in [-0.2, 0) is 7.05 Å². The number of rotatable bonds is 3. The van der Waals surface area contributed by atoms with Gasteiger partial charge < -0.3 is 0 Å². The Kier molecular flexibility index (Phi) is 3.92. The molecule has 0 bridgehead atoms. The van der Waals surface area contributed by atoms with Gasteiger partial charge in [-0.05, 0) is 34.7 Å². The third-order valence-corrected chi connectivity index (χ3v) is 3.25. The van der Waals surface area contributed by atoms with Crippen molar-refractivity contribution in [1.29, 1.82) is 0 Å². The Morgan fingerprint density at radius 3 is 1.74 bits per heavy atom. The lowest BCUT2D eigenvalue weighted by Crippen LogP contribution is -2.39. The molecule has 2 aromatic carbocycles. The smallest absolute Gasteiger partial charge is 0.267 e. The van der Waals surface area contributed by atoms with E-state index in [0.29, 0.717) is 11.1 Å². The summed E-state index contributed by atoms with van der Waals surface area (Å²) < 4.78 is 1.28. The van der Waals surface area contributed by atoms with Crippen molar-refractivity contribution in [2.24, 2.45) is 7.05 Å². The third kappa shape index (κ3) is 2.84. The van der Waals surface area contributed by atoms with E-state index in [1.165, 1.54) is 4.68 Å². The summed E-state index contributed by atoms with van der Waals surface area (Å²) in [7, 11) is 1.57. The van der Waals surface area contributed by atoms with Crippen molar-refractivity contribution >= 4 is 17.8 Å². The second-order valence-electron chi connectivity index (χ2n) is 4.78. The zero-order valence-electron chi connectivity index (χ0n) is 12.3. The largest absolute Gasteiger partial charge is 0.268 e. The minimum absolute atomic E-state index is 0.0627. The second kappa shape index (κ2) is 6.18. The highest BCUT2D eigenvalue weighted by atomic mass is 16.2. The first kappa shape index (κ1) is 14.6. The van der Waals surface area contributed by atoms with Crippen molar-refractivity contribution < 1.29 is 9.59 Å². The number of carbonyl (C=O) groups is 2. The van der Waals surface area contributed by atoms with E-state index in [2.05, 4.69) is 15.5 Å². The summed E-state index contributed by atoms with van der Waals surface area (Å²) in [5.41, 5.74) is 0.750. The zero-order valence-corrected chi connectivity index (χ0v) is 12.3. The van der Waals surface area contributed by atoms with Gasteiger partial charge in [-0.15, -0.1) is 0 Å². The Labute approximate surface area is 132 Å². The highest BCUT2D eigenvalue weighted by Gasteiger charge is 2.29. The van der Waals surface area contributed by atoms with Crippen LogP contribution in [-0.4, -0.2) is 32.0 Å². The van der Waals surface area contributed by atoms with Crippen molar-refractivity contribution in [2.45, 2.75) is 0 Å². The first-order valence-electron chi connectivity index (χ1n) is 6.89. The molecule has 0 N–H and O–H groups in total. The van der Waals surface area contributed by atoms with Crippen LogP contribution in [0.15, 0.2) is 60.7 Å². The molecule has 1 heterocycles. The van der Waals surface area contributed by atoms with Gasteiger partial charge in [-0.2, -0.15) is 0 Å².